The predicted octanol–water partition coefficient (Wildman–Crippen LogP) is 1.95. The number of hydrogen-bond acceptors (Lipinski definition) is 4. The molecule has 0 aromatic rings. The summed E-state index contributed by atoms with van der Waals surface area (Å²) in [5.41, 5.74) is -0.269. The van der Waals surface area contributed by atoms with E-state index in [0.717, 1.165) is 38.8 Å². The Kier molecular flexibility index (Phi) is 4.68. The van der Waals surface area contributed by atoms with Crippen LogP contribution in [0.5, 0.6) is 0 Å². The Bertz CT molecular complexity index is 364. The molecule has 1 aliphatic heterocycles. The number of hydrogen-bond donors (Lipinski definition) is 1. The number of ether oxygens (including phenoxy) is 1. The summed E-state index contributed by atoms with van der Waals surface area (Å²) in [4.78, 5) is 25.6. The Morgan fingerprint density at radius 1 is 1.15 bits per heavy atom. The Labute approximate surface area is 121 Å². The Hall–Kier alpha value is -1.10. The van der Waals surface area contributed by atoms with E-state index in [2.05, 4.69) is 10.2 Å². The van der Waals surface area contributed by atoms with Crippen LogP contribution in [-0.2, 0) is 9.53 Å². The summed E-state index contributed by atoms with van der Waals surface area (Å²) < 4.78 is 5.42. The van der Waals surface area contributed by atoms with Crippen molar-refractivity contribution in [3.63, 3.8) is 0 Å². The molecule has 0 spiro atoms. The SMILES string of the molecule is CC(C)(C)NC(=O)OC1CCN(CC(=O)C2CC2)CC1. The van der Waals surface area contributed by atoms with Gasteiger partial charge in [-0.1, -0.05) is 0 Å². The topological polar surface area (TPSA) is 58.6 Å². The number of ketones is 1. The fraction of sp³-hybridized carbons (Fsp3) is 0.867. The molecule has 5 heteroatoms. The molecule has 0 atom stereocenters. The van der Waals surface area contributed by atoms with Crippen molar-refractivity contribution < 1.29 is 14.3 Å². The maximum atomic E-state index is 11.8. The fourth-order valence-corrected chi connectivity index (χ4v) is 2.43. The van der Waals surface area contributed by atoms with Gasteiger partial charge < -0.3 is 10.1 Å². The zero-order valence-corrected chi connectivity index (χ0v) is 12.8. The highest BCUT2D eigenvalue weighted by atomic mass is 16.6. The van der Waals surface area contributed by atoms with Crippen molar-refractivity contribution >= 4 is 11.9 Å². The van der Waals surface area contributed by atoms with Gasteiger partial charge in [-0.3, -0.25) is 9.69 Å². The highest BCUT2D eigenvalue weighted by molar-refractivity contribution is 5.85. The van der Waals surface area contributed by atoms with Crippen molar-refractivity contribution in [2.24, 2.45) is 5.92 Å². The quantitative estimate of drug-likeness (QED) is 0.856. The molecule has 0 unspecified atom stereocenters. The first-order chi connectivity index (χ1) is 9.33. The second kappa shape index (κ2) is 6.12. The van der Waals surface area contributed by atoms with Gasteiger partial charge >= 0.3 is 6.09 Å². The van der Waals surface area contributed by atoms with E-state index in [1.165, 1.54) is 0 Å². The first-order valence-corrected chi connectivity index (χ1v) is 7.57. The molecule has 0 bridgehead atoms. The Morgan fingerprint density at radius 2 is 1.75 bits per heavy atom. The van der Waals surface area contributed by atoms with E-state index < -0.39 is 0 Å². The second-order valence-electron chi connectivity index (χ2n) is 7.00. The largest absolute Gasteiger partial charge is 0.446 e. The van der Waals surface area contributed by atoms with E-state index in [0.29, 0.717) is 18.2 Å². The molecule has 0 aromatic carbocycles. The predicted molar refractivity (Wildman–Crippen MR) is 76.6 cm³/mol. The highest BCUT2D eigenvalue weighted by Gasteiger charge is 2.32. The first-order valence-electron chi connectivity index (χ1n) is 7.57. The summed E-state index contributed by atoms with van der Waals surface area (Å²) in [7, 11) is 0. The molecule has 2 fully saturated rings. The van der Waals surface area contributed by atoms with Crippen molar-refractivity contribution in [2.75, 3.05) is 19.6 Å². The zero-order valence-electron chi connectivity index (χ0n) is 12.8. The van der Waals surface area contributed by atoms with E-state index in [1.807, 2.05) is 20.8 Å². The lowest BCUT2D eigenvalue weighted by Crippen LogP contribution is -2.45. The summed E-state index contributed by atoms with van der Waals surface area (Å²) in [5, 5.41) is 2.80. The number of carbonyl (C=O) groups is 2. The standard InChI is InChI=1S/C15H26N2O3/c1-15(2,3)16-14(19)20-12-6-8-17(9-7-12)10-13(18)11-4-5-11/h11-12H,4-10H2,1-3H3,(H,16,19). The lowest BCUT2D eigenvalue weighted by atomic mass is 10.1. The Morgan fingerprint density at radius 3 is 2.25 bits per heavy atom. The van der Waals surface area contributed by atoms with Crippen LogP contribution in [-0.4, -0.2) is 48.1 Å². The van der Waals surface area contributed by atoms with Crippen molar-refractivity contribution in [1.29, 1.82) is 0 Å². The minimum Gasteiger partial charge on any atom is -0.446 e. The van der Waals surface area contributed by atoms with Crippen LogP contribution >= 0.6 is 0 Å². The molecule has 1 N–H and O–H groups in total. The van der Waals surface area contributed by atoms with Crippen LogP contribution in [0.4, 0.5) is 4.79 Å². The van der Waals surface area contributed by atoms with E-state index >= 15 is 0 Å². The number of alkyl carbamates (subject to hydrolysis) is 1. The average molecular weight is 282 g/mol. The first kappa shape index (κ1) is 15.3. The minimum absolute atomic E-state index is 0.0235. The molecule has 1 amide bonds. The number of nitrogens with one attached hydrogen (secondary N) is 1. The third-order valence-corrected chi connectivity index (χ3v) is 3.70. The number of Topliss-reactive ketones (excluding diaryl/α,β-unsaturated/α-hetero) is 1. The summed E-state index contributed by atoms with van der Waals surface area (Å²) in [5.74, 6) is 0.719. The maximum absolute atomic E-state index is 11.8. The van der Waals surface area contributed by atoms with Gasteiger partial charge in [-0.2, -0.15) is 0 Å². The summed E-state index contributed by atoms with van der Waals surface area (Å²) in [6.07, 6.45) is 3.41. The highest BCUT2D eigenvalue weighted by Crippen LogP contribution is 2.30. The molecule has 1 saturated carbocycles. The van der Waals surface area contributed by atoms with Gasteiger partial charge in [0.25, 0.3) is 0 Å². The number of carbonyl (C=O) groups excluding carboxylic acids is 2. The second-order valence-corrected chi connectivity index (χ2v) is 7.00. The van der Waals surface area contributed by atoms with E-state index in [1.54, 1.807) is 0 Å². The molecule has 114 valence electrons. The van der Waals surface area contributed by atoms with Crippen molar-refractivity contribution in [1.82, 2.24) is 10.2 Å². The van der Waals surface area contributed by atoms with E-state index in [9.17, 15) is 9.59 Å². The third kappa shape index (κ3) is 5.12. The minimum atomic E-state index is -0.343. The summed E-state index contributed by atoms with van der Waals surface area (Å²) in [6, 6.07) is 0. The normalized spacial score (nSPS) is 21.6. The number of rotatable bonds is 4. The number of likely N-dealkylation sites (tertiary alicyclic amines) is 1. The third-order valence-electron chi connectivity index (χ3n) is 3.70. The lowest BCUT2D eigenvalue weighted by Gasteiger charge is -2.32. The fourth-order valence-electron chi connectivity index (χ4n) is 2.43. The number of nitrogens with zero attached hydrogens (tertiary/aromatic N) is 1. The monoisotopic (exact) mass is 282 g/mol. The van der Waals surface area contributed by atoms with Crippen LogP contribution in [0.2, 0.25) is 0 Å². The van der Waals surface area contributed by atoms with Gasteiger partial charge in [0.05, 0.1) is 6.54 Å². The van der Waals surface area contributed by atoms with Crippen LogP contribution in [0.15, 0.2) is 0 Å². The average Bonchev–Trinajstić information content (AvgIpc) is 3.13. The van der Waals surface area contributed by atoms with Crippen LogP contribution < -0.4 is 5.32 Å². The van der Waals surface area contributed by atoms with E-state index in [-0.39, 0.29) is 17.7 Å². The molecule has 2 rings (SSSR count). The lowest BCUT2D eigenvalue weighted by molar-refractivity contribution is -0.121. The van der Waals surface area contributed by atoms with Gasteiger partial charge in [-0.15, -0.1) is 0 Å². The molecule has 1 saturated heterocycles. The van der Waals surface area contributed by atoms with E-state index in [4.69, 9.17) is 4.74 Å². The van der Waals surface area contributed by atoms with Gasteiger partial charge in [0.15, 0.2) is 0 Å². The summed E-state index contributed by atoms with van der Waals surface area (Å²) in [6.45, 7) is 8.05. The molecule has 2 aliphatic rings. The molecule has 0 radical (unpaired) electrons. The summed E-state index contributed by atoms with van der Waals surface area (Å²) >= 11 is 0. The van der Waals surface area contributed by atoms with Gasteiger partial charge in [0, 0.05) is 24.5 Å². The molecule has 0 aromatic heterocycles. The number of piperidine rings is 1. The molecular formula is C15H26N2O3. The van der Waals surface area contributed by atoms with Gasteiger partial charge in [-0.25, -0.2) is 4.79 Å². The van der Waals surface area contributed by atoms with Crippen LogP contribution in [0.3, 0.4) is 0 Å². The molecule has 5 nitrogen and oxygen atoms in total. The van der Waals surface area contributed by atoms with Gasteiger partial charge in [0.2, 0.25) is 0 Å². The van der Waals surface area contributed by atoms with Gasteiger partial charge in [0.1, 0.15) is 11.9 Å². The Balaban J connectivity index is 1.66. The molecule has 20 heavy (non-hydrogen) atoms. The molecule has 1 aliphatic carbocycles. The van der Waals surface area contributed by atoms with Crippen LogP contribution in [0, 0.1) is 5.92 Å². The van der Waals surface area contributed by atoms with Crippen LogP contribution in [0.1, 0.15) is 46.5 Å². The smallest absolute Gasteiger partial charge is 0.407 e. The van der Waals surface area contributed by atoms with Crippen molar-refractivity contribution in [3.8, 4) is 0 Å². The van der Waals surface area contributed by atoms with Crippen molar-refractivity contribution in [3.05, 3.63) is 0 Å². The zero-order chi connectivity index (χ0) is 14.8. The maximum Gasteiger partial charge on any atom is 0.407 e. The molecule has 1 heterocycles. The number of amides is 1. The molecular weight excluding hydrogens is 256 g/mol. The van der Waals surface area contributed by atoms with Gasteiger partial charge in [-0.05, 0) is 46.5 Å². The van der Waals surface area contributed by atoms with Crippen molar-refractivity contribution in [2.45, 2.75) is 58.1 Å². The van der Waals surface area contributed by atoms with Crippen LogP contribution in [0.25, 0.3) is 0 Å².